The van der Waals surface area contributed by atoms with Gasteiger partial charge in [0.15, 0.2) is 5.82 Å². The summed E-state index contributed by atoms with van der Waals surface area (Å²) in [6.45, 7) is 0.437. The van der Waals surface area contributed by atoms with E-state index in [-0.39, 0.29) is 19.6 Å². The van der Waals surface area contributed by atoms with Crippen LogP contribution in [0.2, 0.25) is 0 Å². The van der Waals surface area contributed by atoms with Crippen LogP contribution in [0.25, 0.3) is 0 Å². The summed E-state index contributed by atoms with van der Waals surface area (Å²) in [7, 11) is 0. The van der Waals surface area contributed by atoms with Gasteiger partial charge < -0.3 is 9.84 Å². The molecule has 1 heterocycles. The summed E-state index contributed by atoms with van der Waals surface area (Å²) >= 11 is 0. The van der Waals surface area contributed by atoms with Crippen molar-refractivity contribution in [2.45, 2.75) is 19.6 Å². The molecule has 0 aliphatic carbocycles. The van der Waals surface area contributed by atoms with Gasteiger partial charge in [-0.1, -0.05) is 18.2 Å². The van der Waals surface area contributed by atoms with Gasteiger partial charge in [0.1, 0.15) is 12.4 Å². The van der Waals surface area contributed by atoms with E-state index in [0.29, 0.717) is 11.6 Å². The van der Waals surface area contributed by atoms with Crippen LogP contribution in [0.3, 0.4) is 0 Å². The summed E-state index contributed by atoms with van der Waals surface area (Å²) in [5.41, 5.74) is 0. The molecule has 1 N–H and O–H groups in total. The molecule has 7 heteroatoms. The van der Waals surface area contributed by atoms with Gasteiger partial charge in [0, 0.05) is 0 Å². The summed E-state index contributed by atoms with van der Waals surface area (Å²) in [5.74, 6) is 0.325. The average Bonchev–Trinajstić information content (AvgIpc) is 2.82. The van der Waals surface area contributed by atoms with Crippen LogP contribution in [0.4, 0.5) is 0 Å². The number of hydrogen-bond donors (Lipinski definition) is 1. The molecule has 0 saturated carbocycles. The molecular weight excluding hydrogens is 236 g/mol. The number of aromatic nitrogens is 4. The summed E-state index contributed by atoms with van der Waals surface area (Å²) in [6.07, 6.45) is -0.0244. The fourth-order valence-corrected chi connectivity index (χ4v) is 1.37. The van der Waals surface area contributed by atoms with E-state index in [9.17, 15) is 4.79 Å². The number of aliphatic carboxylic acids is 1. The second-order valence-electron chi connectivity index (χ2n) is 3.56. The molecular formula is C11H12N4O3. The van der Waals surface area contributed by atoms with Crippen molar-refractivity contribution in [3.05, 3.63) is 36.2 Å². The third-order valence-corrected chi connectivity index (χ3v) is 2.25. The topological polar surface area (TPSA) is 90.1 Å². The molecule has 0 saturated heterocycles. The number of carboxylic acid groups (broad SMARTS) is 1. The lowest BCUT2D eigenvalue weighted by Crippen LogP contribution is -2.11. The highest BCUT2D eigenvalue weighted by molar-refractivity contribution is 5.66. The van der Waals surface area contributed by atoms with E-state index in [1.165, 1.54) is 4.68 Å². The minimum absolute atomic E-state index is 0.0244. The van der Waals surface area contributed by atoms with Crippen LogP contribution in [0.5, 0.6) is 5.75 Å². The lowest BCUT2D eigenvalue weighted by atomic mass is 10.3. The Balaban J connectivity index is 1.93. The largest absolute Gasteiger partial charge is 0.486 e. The molecule has 0 aliphatic heterocycles. The highest BCUT2D eigenvalue weighted by Crippen LogP contribution is 2.10. The SMILES string of the molecule is O=C(O)CCn1nnnc1COc1ccccc1. The van der Waals surface area contributed by atoms with Gasteiger partial charge in [0.2, 0.25) is 0 Å². The molecule has 0 spiro atoms. The zero-order valence-electron chi connectivity index (χ0n) is 9.56. The first-order chi connectivity index (χ1) is 8.75. The number of para-hydroxylation sites is 1. The first-order valence-electron chi connectivity index (χ1n) is 5.40. The number of carboxylic acids is 1. The van der Waals surface area contributed by atoms with E-state index in [2.05, 4.69) is 15.5 Å². The Kier molecular flexibility index (Phi) is 3.85. The second kappa shape index (κ2) is 5.76. The lowest BCUT2D eigenvalue weighted by molar-refractivity contribution is -0.137. The smallest absolute Gasteiger partial charge is 0.305 e. The summed E-state index contributed by atoms with van der Waals surface area (Å²) < 4.78 is 6.91. The molecule has 1 aromatic heterocycles. The third-order valence-electron chi connectivity index (χ3n) is 2.25. The van der Waals surface area contributed by atoms with Crippen molar-refractivity contribution in [2.75, 3.05) is 0 Å². The number of rotatable bonds is 6. The van der Waals surface area contributed by atoms with Gasteiger partial charge in [0.25, 0.3) is 0 Å². The zero-order chi connectivity index (χ0) is 12.8. The minimum Gasteiger partial charge on any atom is -0.486 e. The van der Waals surface area contributed by atoms with Crippen LogP contribution in [-0.2, 0) is 17.9 Å². The normalized spacial score (nSPS) is 10.2. The molecule has 0 aliphatic rings. The molecule has 0 atom stereocenters. The van der Waals surface area contributed by atoms with E-state index in [1.807, 2.05) is 30.3 Å². The fraction of sp³-hybridized carbons (Fsp3) is 0.273. The number of hydrogen-bond acceptors (Lipinski definition) is 5. The molecule has 0 radical (unpaired) electrons. The predicted molar refractivity (Wildman–Crippen MR) is 60.8 cm³/mol. The van der Waals surface area contributed by atoms with Crippen molar-refractivity contribution in [1.29, 1.82) is 0 Å². The standard InChI is InChI=1S/C11H12N4O3/c16-11(17)6-7-15-10(12-13-14-15)8-18-9-4-2-1-3-5-9/h1-5H,6-8H2,(H,16,17). The molecule has 0 amide bonds. The molecule has 7 nitrogen and oxygen atoms in total. The Morgan fingerprint density at radius 1 is 1.33 bits per heavy atom. The Labute approximate surface area is 103 Å². The van der Waals surface area contributed by atoms with Crippen molar-refractivity contribution >= 4 is 5.97 Å². The average molecular weight is 248 g/mol. The van der Waals surface area contributed by atoms with Gasteiger partial charge in [-0.25, -0.2) is 4.68 Å². The predicted octanol–water partition coefficient (Wildman–Crippen LogP) is 0.727. The van der Waals surface area contributed by atoms with Gasteiger partial charge in [-0.2, -0.15) is 0 Å². The first-order valence-corrected chi connectivity index (χ1v) is 5.40. The lowest BCUT2D eigenvalue weighted by Gasteiger charge is -2.05. The quantitative estimate of drug-likeness (QED) is 0.810. The maximum absolute atomic E-state index is 10.5. The summed E-state index contributed by atoms with van der Waals surface area (Å²) in [6, 6.07) is 9.27. The Hall–Kier alpha value is -2.44. The molecule has 1 aromatic carbocycles. The van der Waals surface area contributed by atoms with E-state index in [4.69, 9.17) is 9.84 Å². The van der Waals surface area contributed by atoms with Crippen LogP contribution in [-0.4, -0.2) is 31.3 Å². The van der Waals surface area contributed by atoms with Crippen molar-refractivity contribution in [3.63, 3.8) is 0 Å². The van der Waals surface area contributed by atoms with Crippen LogP contribution in [0.1, 0.15) is 12.2 Å². The van der Waals surface area contributed by atoms with Crippen molar-refractivity contribution in [1.82, 2.24) is 20.2 Å². The number of tetrazole rings is 1. The highest BCUT2D eigenvalue weighted by atomic mass is 16.5. The van der Waals surface area contributed by atoms with E-state index < -0.39 is 5.97 Å². The summed E-state index contributed by atoms with van der Waals surface area (Å²) in [5, 5.41) is 19.6. The van der Waals surface area contributed by atoms with Gasteiger partial charge in [-0.3, -0.25) is 4.79 Å². The molecule has 0 fully saturated rings. The Morgan fingerprint density at radius 3 is 2.83 bits per heavy atom. The van der Waals surface area contributed by atoms with E-state index in [1.54, 1.807) is 0 Å². The van der Waals surface area contributed by atoms with Crippen LogP contribution in [0, 0.1) is 0 Å². The number of ether oxygens (including phenoxy) is 1. The maximum Gasteiger partial charge on any atom is 0.305 e. The maximum atomic E-state index is 10.5. The zero-order valence-corrected chi connectivity index (χ0v) is 9.56. The second-order valence-corrected chi connectivity index (χ2v) is 3.56. The molecule has 94 valence electrons. The van der Waals surface area contributed by atoms with Gasteiger partial charge in [-0.05, 0) is 22.6 Å². The number of carbonyl (C=O) groups is 1. The van der Waals surface area contributed by atoms with Crippen LogP contribution in [0.15, 0.2) is 30.3 Å². The molecule has 18 heavy (non-hydrogen) atoms. The molecule has 0 bridgehead atoms. The third kappa shape index (κ3) is 3.27. The molecule has 2 aromatic rings. The monoisotopic (exact) mass is 248 g/mol. The summed E-state index contributed by atoms with van der Waals surface area (Å²) in [4.78, 5) is 10.5. The fourth-order valence-electron chi connectivity index (χ4n) is 1.37. The minimum atomic E-state index is -0.888. The number of benzene rings is 1. The molecule has 0 unspecified atom stereocenters. The van der Waals surface area contributed by atoms with Gasteiger partial charge >= 0.3 is 5.97 Å². The van der Waals surface area contributed by atoms with Crippen LogP contribution < -0.4 is 4.74 Å². The number of nitrogens with zero attached hydrogens (tertiary/aromatic N) is 4. The van der Waals surface area contributed by atoms with Crippen molar-refractivity contribution in [2.24, 2.45) is 0 Å². The molecule has 2 rings (SSSR count). The van der Waals surface area contributed by atoms with E-state index in [0.717, 1.165) is 0 Å². The van der Waals surface area contributed by atoms with Crippen molar-refractivity contribution < 1.29 is 14.6 Å². The first kappa shape index (κ1) is 12.0. The van der Waals surface area contributed by atoms with Crippen molar-refractivity contribution in [3.8, 4) is 5.75 Å². The Bertz CT molecular complexity index is 512. The highest BCUT2D eigenvalue weighted by Gasteiger charge is 2.08. The van der Waals surface area contributed by atoms with Gasteiger partial charge in [-0.15, -0.1) is 5.10 Å². The van der Waals surface area contributed by atoms with E-state index >= 15 is 0 Å². The van der Waals surface area contributed by atoms with Gasteiger partial charge in [0.05, 0.1) is 13.0 Å². The van der Waals surface area contributed by atoms with Crippen LogP contribution >= 0.6 is 0 Å². The number of aryl methyl sites for hydroxylation is 1. The Morgan fingerprint density at radius 2 is 2.11 bits per heavy atom.